The minimum absolute atomic E-state index is 0.234. The van der Waals surface area contributed by atoms with Gasteiger partial charge < -0.3 is 9.47 Å². The van der Waals surface area contributed by atoms with Gasteiger partial charge in [0.15, 0.2) is 0 Å². The van der Waals surface area contributed by atoms with Crippen LogP contribution in [0.3, 0.4) is 0 Å². The first-order valence-corrected chi connectivity index (χ1v) is 14.5. The summed E-state index contributed by atoms with van der Waals surface area (Å²) in [7, 11) is 0.216. The fourth-order valence-corrected chi connectivity index (χ4v) is 4.44. The summed E-state index contributed by atoms with van der Waals surface area (Å²) >= 11 is 0. The van der Waals surface area contributed by atoms with Gasteiger partial charge in [0.1, 0.15) is 11.3 Å². The number of aromatic nitrogens is 1. The Kier molecular flexibility index (Phi) is 11.1. The van der Waals surface area contributed by atoms with Gasteiger partial charge in [-0.3, -0.25) is 4.21 Å². The van der Waals surface area contributed by atoms with E-state index in [-0.39, 0.29) is 11.7 Å². The van der Waals surface area contributed by atoms with Crippen molar-refractivity contribution < 1.29 is 23.3 Å². The van der Waals surface area contributed by atoms with E-state index in [0.717, 1.165) is 12.0 Å². The number of hydrogen-bond donors (Lipinski definition) is 0. The fraction of sp³-hybridized carbons (Fsp3) is 0.206. The molecule has 4 rings (SSSR count). The Morgan fingerprint density at radius 1 is 0.927 bits per heavy atom. The second kappa shape index (κ2) is 14.7. The molecule has 1 aromatic heterocycles. The Balaban J connectivity index is 0.000000226. The standard InChI is InChI=1S/C18H20O2.C16H13NO3S/c1-18(2,3)20-17(19)13-7-11-15-10-6-9-14-8-4-5-12-16(14)15;1-20-16(18)14-10-8-12(11-17-14)7-9-13-5-3-4-6-15(13)21(2)19/h4-10,12-13H,11H2,1-3H3;3-6,8,10-11H,1-2H3/b13-7+;. The maximum atomic E-state index is 11.6. The monoisotopic (exact) mass is 567 g/mol. The quantitative estimate of drug-likeness (QED) is 0.160. The lowest BCUT2D eigenvalue weighted by Crippen LogP contribution is -2.22. The van der Waals surface area contributed by atoms with Gasteiger partial charge in [0, 0.05) is 29.7 Å². The molecule has 0 aliphatic heterocycles. The Morgan fingerprint density at radius 2 is 1.63 bits per heavy atom. The van der Waals surface area contributed by atoms with Crippen LogP contribution >= 0.6 is 0 Å². The summed E-state index contributed by atoms with van der Waals surface area (Å²) in [6.07, 6.45) is 7.21. The predicted molar refractivity (Wildman–Crippen MR) is 163 cm³/mol. The van der Waals surface area contributed by atoms with Gasteiger partial charge in [-0.25, -0.2) is 14.6 Å². The van der Waals surface area contributed by atoms with Crippen molar-refractivity contribution in [1.82, 2.24) is 4.98 Å². The SMILES string of the molecule is CC(C)(C)OC(=O)/C=C/Cc1cccc2ccccc12.COC(=O)c1ccc(C#Cc2ccccc2S(C)=O)cn1. The molecular weight excluding hydrogens is 534 g/mol. The molecule has 0 N–H and O–H groups in total. The number of esters is 2. The van der Waals surface area contributed by atoms with Gasteiger partial charge in [-0.1, -0.05) is 72.5 Å². The van der Waals surface area contributed by atoms with Gasteiger partial charge >= 0.3 is 11.9 Å². The van der Waals surface area contributed by atoms with Crippen LogP contribution in [0.15, 0.2) is 102 Å². The molecule has 3 aromatic carbocycles. The molecule has 0 saturated heterocycles. The average molecular weight is 568 g/mol. The van der Waals surface area contributed by atoms with Gasteiger partial charge in [-0.2, -0.15) is 0 Å². The predicted octanol–water partition coefficient (Wildman–Crippen LogP) is 6.29. The zero-order valence-corrected chi connectivity index (χ0v) is 24.7. The molecule has 0 bridgehead atoms. The lowest BCUT2D eigenvalue weighted by molar-refractivity contribution is -0.148. The Hall–Kier alpha value is -4.54. The van der Waals surface area contributed by atoms with Crippen molar-refractivity contribution >= 4 is 33.5 Å². The highest BCUT2D eigenvalue weighted by Crippen LogP contribution is 2.19. The summed E-state index contributed by atoms with van der Waals surface area (Å²) in [6.45, 7) is 5.59. The summed E-state index contributed by atoms with van der Waals surface area (Å²) < 4.78 is 21.4. The maximum absolute atomic E-state index is 11.6. The highest BCUT2D eigenvalue weighted by atomic mass is 32.2. The van der Waals surface area contributed by atoms with Crippen LogP contribution in [0, 0.1) is 11.8 Å². The van der Waals surface area contributed by atoms with Gasteiger partial charge in [0.05, 0.1) is 22.8 Å². The van der Waals surface area contributed by atoms with Crippen LogP contribution in [0.5, 0.6) is 0 Å². The number of carbonyl (C=O) groups excluding carboxylic acids is 2. The molecule has 4 aromatic rings. The number of pyridine rings is 1. The van der Waals surface area contributed by atoms with Crippen molar-refractivity contribution in [3.63, 3.8) is 0 Å². The third-order valence-corrected chi connectivity index (χ3v) is 6.55. The van der Waals surface area contributed by atoms with Crippen molar-refractivity contribution in [3.05, 3.63) is 120 Å². The van der Waals surface area contributed by atoms with Crippen molar-refractivity contribution in [2.75, 3.05) is 13.4 Å². The smallest absolute Gasteiger partial charge is 0.356 e. The van der Waals surface area contributed by atoms with E-state index in [0.29, 0.717) is 10.5 Å². The van der Waals surface area contributed by atoms with Crippen LogP contribution in [-0.2, 0) is 31.5 Å². The van der Waals surface area contributed by atoms with E-state index in [1.54, 1.807) is 24.5 Å². The Bertz CT molecular complexity index is 1620. The van der Waals surface area contributed by atoms with E-state index in [1.807, 2.05) is 63.2 Å². The van der Waals surface area contributed by atoms with Gasteiger partial charge in [0.2, 0.25) is 0 Å². The number of ether oxygens (including phenoxy) is 2. The number of rotatable bonds is 5. The summed E-state index contributed by atoms with van der Waals surface area (Å²) in [5, 5.41) is 2.44. The molecule has 6 nitrogen and oxygen atoms in total. The lowest BCUT2D eigenvalue weighted by Gasteiger charge is -2.17. The zero-order chi connectivity index (χ0) is 29.8. The summed E-state index contributed by atoms with van der Waals surface area (Å²) in [5.41, 5.74) is 2.39. The molecule has 0 fully saturated rings. The van der Waals surface area contributed by atoms with Gasteiger partial charge in [0.25, 0.3) is 0 Å². The topological polar surface area (TPSA) is 82.6 Å². The molecule has 0 radical (unpaired) electrons. The second-order valence-electron chi connectivity index (χ2n) is 9.90. The molecule has 1 heterocycles. The first-order chi connectivity index (χ1) is 19.6. The molecule has 7 heteroatoms. The van der Waals surface area contributed by atoms with Crippen LogP contribution < -0.4 is 0 Å². The third-order valence-electron chi connectivity index (χ3n) is 5.57. The average Bonchev–Trinajstić information content (AvgIpc) is 2.95. The number of benzene rings is 3. The first-order valence-electron chi connectivity index (χ1n) is 12.9. The van der Waals surface area contributed by atoms with E-state index in [9.17, 15) is 13.8 Å². The van der Waals surface area contributed by atoms with Crippen LogP contribution in [0.25, 0.3) is 10.8 Å². The first kappa shape index (κ1) is 31.0. The maximum Gasteiger partial charge on any atom is 0.356 e. The van der Waals surface area contributed by atoms with Crippen molar-refractivity contribution in [2.45, 2.75) is 37.7 Å². The van der Waals surface area contributed by atoms with E-state index in [2.05, 4.69) is 45.8 Å². The van der Waals surface area contributed by atoms with Crippen molar-refractivity contribution in [1.29, 1.82) is 0 Å². The number of carbonyl (C=O) groups is 2. The molecular formula is C34H33NO5S. The molecule has 0 aliphatic carbocycles. The van der Waals surface area contributed by atoms with E-state index >= 15 is 0 Å². The number of allylic oxidation sites excluding steroid dienone is 1. The van der Waals surface area contributed by atoms with Crippen LogP contribution in [-0.4, -0.2) is 40.1 Å². The molecule has 0 spiro atoms. The van der Waals surface area contributed by atoms with Crippen LogP contribution in [0.2, 0.25) is 0 Å². The fourth-order valence-electron chi connectivity index (χ4n) is 3.74. The molecule has 210 valence electrons. The lowest BCUT2D eigenvalue weighted by atomic mass is 10.0. The van der Waals surface area contributed by atoms with Crippen molar-refractivity contribution in [3.8, 4) is 11.8 Å². The van der Waals surface area contributed by atoms with Gasteiger partial charge in [-0.05, 0) is 67.8 Å². The zero-order valence-electron chi connectivity index (χ0n) is 23.8. The molecule has 0 aliphatic rings. The minimum atomic E-state index is -1.09. The molecule has 41 heavy (non-hydrogen) atoms. The molecule has 1 atom stereocenters. The minimum Gasteiger partial charge on any atom is -0.464 e. The summed E-state index contributed by atoms with van der Waals surface area (Å²) in [4.78, 5) is 27.6. The molecule has 1 unspecified atom stereocenters. The summed E-state index contributed by atoms with van der Waals surface area (Å²) in [6, 6.07) is 25.0. The Labute approximate surface area is 243 Å². The largest absolute Gasteiger partial charge is 0.464 e. The third kappa shape index (κ3) is 9.86. The highest BCUT2D eigenvalue weighted by molar-refractivity contribution is 7.84. The normalized spacial score (nSPS) is 11.5. The molecule has 0 amide bonds. The van der Waals surface area contributed by atoms with E-state index < -0.39 is 22.4 Å². The van der Waals surface area contributed by atoms with E-state index in [1.165, 1.54) is 35.7 Å². The van der Waals surface area contributed by atoms with E-state index in [4.69, 9.17) is 4.74 Å². The highest BCUT2D eigenvalue weighted by Gasteiger charge is 2.13. The second-order valence-corrected chi connectivity index (χ2v) is 11.3. The van der Waals surface area contributed by atoms with Crippen molar-refractivity contribution in [2.24, 2.45) is 0 Å². The molecule has 0 saturated carbocycles. The van der Waals surface area contributed by atoms with Crippen LogP contribution in [0.1, 0.15) is 48.0 Å². The number of nitrogens with zero attached hydrogens (tertiary/aromatic N) is 1. The number of methoxy groups -OCH3 is 1. The van der Waals surface area contributed by atoms with Crippen LogP contribution in [0.4, 0.5) is 0 Å². The van der Waals surface area contributed by atoms with Gasteiger partial charge in [-0.15, -0.1) is 0 Å². The Morgan fingerprint density at radius 3 is 2.32 bits per heavy atom. The summed E-state index contributed by atoms with van der Waals surface area (Å²) in [5.74, 6) is 5.14. The number of fused-ring (bicyclic) bond motifs is 1. The number of hydrogen-bond acceptors (Lipinski definition) is 6.